The highest BCUT2D eigenvalue weighted by Crippen LogP contribution is 2.03. The van der Waals surface area contributed by atoms with Gasteiger partial charge in [-0.05, 0) is 26.2 Å². The normalized spacial score (nSPS) is 14.5. The van der Waals surface area contributed by atoms with Crippen LogP contribution < -0.4 is 5.73 Å². The molecule has 0 aliphatic heterocycles. The van der Waals surface area contributed by atoms with Crippen molar-refractivity contribution < 1.29 is 4.74 Å². The number of hydrogen-bond donors (Lipinski definition) is 1. The quantitative estimate of drug-likeness (QED) is 0.663. The lowest BCUT2D eigenvalue weighted by atomic mass is 10.1. The summed E-state index contributed by atoms with van der Waals surface area (Å²) in [5, 5.41) is 0. The summed E-state index contributed by atoms with van der Waals surface area (Å²) >= 11 is 0. The number of hydrogen-bond acceptors (Lipinski definition) is 2. The van der Waals surface area contributed by atoms with Gasteiger partial charge in [0.1, 0.15) is 0 Å². The van der Waals surface area contributed by atoms with Gasteiger partial charge in [0, 0.05) is 6.04 Å². The SMILES string of the molecule is CC(C)CC(N)COC(C)C. The molecule has 0 saturated heterocycles. The second kappa shape index (κ2) is 5.56. The van der Waals surface area contributed by atoms with Crippen molar-refractivity contribution in [2.24, 2.45) is 11.7 Å². The minimum absolute atomic E-state index is 0.206. The van der Waals surface area contributed by atoms with E-state index in [1.807, 2.05) is 13.8 Å². The van der Waals surface area contributed by atoms with Crippen molar-refractivity contribution in [3.8, 4) is 0 Å². The fourth-order valence-corrected chi connectivity index (χ4v) is 0.990. The van der Waals surface area contributed by atoms with E-state index >= 15 is 0 Å². The summed E-state index contributed by atoms with van der Waals surface area (Å²) in [6, 6.07) is 0.206. The van der Waals surface area contributed by atoms with Crippen LogP contribution in [0.1, 0.15) is 34.1 Å². The molecule has 0 saturated carbocycles. The van der Waals surface area contributed by atoms with Gasteiger partial charge in [0.15, 0.2) is 0 Å². The molecule has 2 nitrogen and oxygen atoms in total. The van der Waals surface area contributed by atoms with Gasteiger partial charge < -0.3 is 10.5 Å². The Morgan fingerprint density at radius 1 is 1.18 bits per heavy atom. The maximum atomic E-state index is 5.80. The molecule has 0 amide bonds. The van der Waals surface area contributed by atoms with E-state index in [1.165, 1.54) is 0 Å². The van der Waals surface area contributed by atoms with Crippen molar-refractivity contribution in [2.75, 3.05) is 6.61 Å². The van der Waals surface area contributed by atoms with Crippen molar-refractivity contribution in [1.82, 2.24) is 0 Å². The molecule has 0 aromatic rings. The first-order valence-corrected chi connectivity index (χ1v) is 4.39. The largest absolute Gasteiger partial charge is 0.377 e. The highest BCUT2D eigenvalue weighted by atomic mass is 16.5. The van der Waals surface area contributed by atoms with E-state index in [0.717, 1.165) is 6.42 Å². The Morgan fingerprint density at radius 2 is 1.73 bits per heavy atom. The second-order valence-electron chi connectivity index (χ2n) is 3.77. The van der Waals surface area contributed by atoms with Gasteiger partial charge in [0.25, 0.3) is 0 Å². The lowest BCUT2D eigenvalue weighted by Crippen LogP contribution is -2.29. The Kier molecular flexibility index (Phi) is 5.51. The van der Waals surface area contributed by atoms with Gasteiger partial charge in [-0.25, -0.2) is 0 Å². The van der Waals surface area contributed by atoms with Crippen LogP contribution in [0.2, 0.25) is 0 Å². The molecule has 11 heavy (non-hydrogen) atoms. The Labute approximate surface area is 70.1 Å². The maximum absolute atomic E-state index is 5.80. The van der Waals surface area contributed by atoms with Crippen LogP contribution in [0.3, 0.4) is 0 Å². The van der Waals surface area contributed by atoms with Crippen molar-refractivity contribution >= 4 is 0 Å². The Balaban J connectivity index is 3.29. The van der Waals surface area contributed by atoms with Crippen LogP contribution in [0.5, 0.6) is 0 Å². The summed E-state index contributed by atoms with van der Waals surface area (Å²) in [5.41, 5.74) is 5.80. The smallest absolute Gasteiger partial charge is 0.0621 e. The van der Waals surface area contributed by atoms with Crippen LogP contribution >= 0.6 is 0 Å². The number of rotatable bonds is 5. The van der Waals surface area contributed by atoms with Crippen LogP contribution in [0.4, 0.5) is 0 Å². The van der Waals surface area contributed by atoms with Crippen LogP contribution in [-0.4, -0.2) is 18.8 Å². The lowest BCUT2D eigenvalue weighted by Gasteiger charge is -2.15. The Morgan fingerprint density at radius 3 is 2.09 bits per heavy atom. The van der Waals surface area contributed by atoms with Crippen molar-refractivity contribution in [3.63, 3.8) is 0 Å². The summed E-state index contributed by atoms with van der Waals surface area (Å²) in [6.07, 6.45) is 1.35. The molecule has 0 spiro atoms. The predicted molar refractivity (Wildman–Crippen MR) is 48.5 cm³/mol. The lowest BCUT2D eigenvalue weighted by molar-refractivity contribution is 0.0647. The molecule has 0 radical (unpaired) electrons. The average molecular weight is 159 g/mol. The number of ether oxygens (including phenoxy) is 1. The molecule has 1 unspecified atom stereocenters. The van der Waals surface area contributed by atoms with E-state index in [2.05, 4.69) is 13.8 Å². The molecule has 68 valence electrons. The zero-order chi connectivity index (χ0) is 8.85. The van der Waals surface area contributed by atoms with Crippen LogP contribution in [0.25, 0.3) is 0 Å². The van der Waals surface area contributed by atoms with Gasteiger partial charge >= 0.3 is 0 Å². The third kappa shape index (κ3) is 7.82. The molecule has 2 heteroatoms. The Hall–Kier alpha value is -0.0800. The fraction of sp³-hybridized carbons (Fsp3) is 1.00. The monoisotopic (exact) mass is 159 g/mol. The summed E-state index contributed by atoms with van der Waals surface area (Å²) in [7, 11) is 0. The van der Waals surface area contributed by atoms with Crippen LogP contribution in [0.15, 0.2) is 0 Å². The third-order valence-corrected chi connectivity index (χ3v) is 1.42. The summed E-state index contributed by atoms with van der Waals surface area (Å²) in [4.78, 5) is 0. The molecule has 0 fully saturated rings. The van der Waals surface area contributed by atoms with E-state index in [-0.39, 0.29) is 6.04 Å². The van der Waals surface area contributed by atoms with Crippen molar-refractivity contribution in [2.45, 2.75) is 46.3 Å². The molecular formula is C9H21NO. The van der Waals surface area contributed by atoms with Crippen molar-refractivity contribution in [3.05, 3.63) is 0 Å². The summed E-state index contributed by atoms with van der Waals surface area (Å²) < 4.78 is 5.38. The molecule has 0 bridgehead atoms. The predicted octanol–water partition coefficient (Wildman–Crippen LogP) is 1.78. The first-order chi connectivity index (χ1) is 5.02. The van der Waals surface area contributed by atoms with Gasteiger partial charge in [-0.1, -0.05) is 13.8 Å². The van der Waals surface area contributed by atoms with E-state index in [1.54, 1.807) is 0 Å². The second-order valence-corrected chi connectivity index (χ2v) is 3.77. The van der Waals surface area contributed by atoms with Crippen LogP contribution in [-0.2, 0) is 4.74 Å². The van der Waals surface area contributed by atoms with E-state index in [9.17, 15) is 0 Å². The van der Waals surface area contributed by atoms with E-state index in [0.29, 0.717) is 18.6 Å². The molecule has 0 heterocycles. The number of nitrogens with two attached hydrogens (primary N) is 1. The first kappa shape index (κ1) is 10.9. The minimum atomic E-state index is 0.206. The van der Waals surface area contributed by atoms with Gasteiger partial charge in [0.2, 0.25) is 0 Å². The highest BCUT2D eigenvalue weighted by Gasteiger charge is 2.05. The standard InChI is InChI=1S/C9H21NO/c1-7(2)5-9(10)6-11-8(3)4/h7-9H,5-6,10H2,1-4H3. The van der Waals surface area contributed by atoms with Crippen LogP contribution in [0, 0.1) is 5.92 Å². The molecule has 0 aromatic heterocycles. The molecule has 0 aliphatic carbocycles. The highest BCUT2D eigenvalue weighted by molar-refractivity contribution is 4.62. The van der Waals surface area contributed by atoms with Gasteiger partial charge in [-0.2, -0.15) is 0 Å². The average Bonchev–Trinajstić information content (AvgIpc) is 1.82. The van der Waals surface area contributed by atoms with E-state index in [4.69, 9.17) is 10.5 Å². The topological polar surface area (TPSA) is 35.2 Å². The van der Waals surface area contributed by atoms with E-state index < -0.39 is 0 Å². The maximum Gasteiger partial charge on any atom is 0.0621 e. The van der Waals surface area contributed by atoms with Gasteiger partial charge in [-0.3, -0.25) is 0 Å². The molecule has 0 aromatic carbocycles. The molecule has 0 rings (SSSR count). The van der Waals surface area contributed by atoms with Gasteiger partial charge in [-0.15, -0.1) is 0 Å². The molecule has 0 aliphatic rings. The first-order valence-electron chi connectivity index (χ1n) is 4.39. The third-order valence-electron chi connectivity index (χ3n) is 1.42. The summed E-state index contributed by atoms with van der Waals surface area (Å²) in [5.74, 6) is 0.667. The van der Waals surface area contributed by atoms with Crippen molar-refractivity contribution in [1.29, 1.82) is 0 Å². The zero-order valence-electron chi connectivity index (χ0n) is 8.13. The molecular weight excluding hydrogens is 138 g/mol. The minimum Gasteiger partial charge on any atom is -0.377 e. The van der Waals surface area contributed by atoms with Gasteiger partial charge in [0.05, 0.1) is 12.7 Å². The molecule has 1 atom stereocenters. The summed E-state index contributed by atoms with van der Waals surface area (Å²) in [6.45, 7) is 9.10. The molecule has 2 N–H and O–H groups in total. The Bertz CT molecular complexity index is 91.6. The fourth-order valence-electron chi connectivity index (χ4n) is 0.990. The zero-order valence-corrected chi connectivity index (χ0v) is 8.13.